The predicted molar refractivity (Wildman–Crippen MR) is 70.5 cm³/mol. The Bertz CT molecular complexity index is 412. The smallest absolute Gasteiger partial charge is 0.211 e. The van der Waals surface area contributed by atoms with Gasteiger partial charge in [0.1, 0.15) is 0 Å². The topological polar surface area (TPSA) is 66.4 Å². The summed E-state index contributed by atoms with van der Waals surface area (Å²) < 4.78 is 25.5. The predicted octanol–water partition coefficient (Wildman–Crippen LogP) is 1.75. The molecule has 6 heteroatoms. The molecule has 0 saturated carbocycles. The summed E-state index contributed by atoms with van der Waals surface area (Å²) in [7, 11) is -3.20. The molecule has 1 heterocycles. The second-order valence-corrected chi connectivity index (χ2v) is 7.22. The standard InChI is InChI=1S/C11H19NO3S2/c1-9(2)8-17(14,15)12-6-5-10(13)11-4-3-7-16-11/h3-4,7,9-10,12-13H,5-6,8H2,1-2H3. The van der Waals surface area contributed by atoms with Crippen molar-refractivity contribution in [3.63, 3.8) is 0 Å². The lowest BCUT2D eigenvalue weighted by atomic mass is 10.2. The van der Waals surface area contributed by atoms with Gasteiger partial charge in [0.05, 0.1) is 11.9 Å². The molecule has 0 bridgehead atoms. The van der Waals surface area contributed by atoms with E-state index in [0.29, 0.717) is 6.42 Å². The Labute approximate surface area is 107 Å². The van der Waals surface area contributed by atoms with Crippen molar-refractivity contribution in [1.82, 2.24) is 4.72 Å². The third-order valence-corrected chi connectivity index (χ3v) is 4.89. The van der Waals surface area contributed by atoms with E-state index in [1.54, 1.807) is 0 Å². The molecule has 98 valence electrons. The molecule has 1 rings (SSSR count). The fourth-order valence-corrected chi connectivity index (χ4v) is 3.64. The van der Waals surface area contributed by atoms with E-state index in [1.165, 1.54) is 11.3 Å². The number of aliphatic hydroxyl groups excluding tert-OH is 1. The minimum Gasteiger partial charge on any atom is -0.388 e. The monoisotopic (exact) mass is 277 g/mol. The summed E-state index contributed by atoms with van der Waals surface area (Å²) in [5.41, 5.74) is 0. The molecule has 0 saturated heterocycles. The van der Waals surface area contributed by atoms with Crippen molar-refractivity contribution in [2.75, 3.05) is 12.3 Å². The lowest BCUT2D eigenvalue weighted by molar-refractivity contribution is 0.173. The minimum atomic E-state index is -3.20. The van der Waals surface area contributed by atoms with E-state index in [1.807, 2.05) is 31.4 Å². The summed E-state index contributed by atoms with van der Waals surface area (Å²) >= 11 is 1.47. The average Bonchev–Trinajstić information content (AvgIpc) is 2.67. The summed E-state index contributed by atoms with van der Waals surface area (Å²) in [5.74, 6) is 0.233. The van der Waals surface area contributed by atoms with Crippen LogP contribution in [0.4, 0.5) is 0 Å². The van der Waals surface area contributed by atoms with E-state index in [0.717, 1.165) is 4.88 Å². The van der Waals surface area contributed by atoms with Crippen molar-refractivity contribution in [2.24, 2.45) is 5.92 Å². The molecule has 1 atom stereocenters. The first-order chi connectivity index (χ1) is 7.91. The molecule has 17 heavy (non-hydrogen) atoms. The van der Waals surface area contributed by atoms with Gasteiger partial charge in [-0.3, -0.25) is 0 Å². The second-order valence-electron chi connectivity index (χ2n) is 4.39. The molecule has 0 fully saturated rings. The van der Waals surface area contributed by atoms with Crippen LogP contribution in [-0.4, -0.2) is 25.8 Å². The van der Waals surface area contributed by atoms with Gasteiger partial charge in [-0.05, 0) is 23.8 Å². The molecular weight excluding hydrogens is 258 g/mol. The average molecular weight is 277 g/mol. The van der Waals surface area contributed by atoms with E-state index in [-0.39, 0.29) is 18.2 Å². The quantitative estimate of drug-likeness (QED) is 0.798. The number of sulfonamides is 1. The molecule has 2 N–H and O–H groups in total. The normalized spacial score (nSPS) is 14.1. The molecular formula is C11H19NO3S2. The van der Waals surface area contributed by atoms with Gasteiger partial charge in [-0.1, -0.05) is 19.9 Å². The SMILES string of the molecule is CC(C)CS(=O)(=O)NCCC(O)c1cccs1. The second kappa shape index (κ2) is 6.49. The first-order valence-electron chi connectivity index (χ1n) is 5.59. The number of nitrogens with one attached hydrogen (secondary N) is 1. The van der Waals surface area contributed by atoms with Crippen LogP contribution in [0.5, 0.6) is 0 Å². The van der Waals surface area contributed by atoms with E-state index in [4.69, 9.17) is 0 Å². The zero-order valence-corrected chi connectivity index (χ0v) is 11.7. The summed E-state index contributed by atoms with van der Waals surface area (Å²) in [5, 5.41) is 11.7. The Morgan fingerprint density at radius 3 is 2.71 bits per heavy atom. The van der Waals surface area contributed by atoms with Gasteiger partial charge in [0.2, 0.25) is 10.0 Å². The fourth-order valence-electron chi connectivity index (χ4n) is 1.47. The molecule has 0 amide bonds. The minimum absolute atomic E-state index is 0.106. The van der Waals surface area contributed by atoms with Crippen molar-refractivity contribution in [1.29, 1.82) is 0 Å². The summed E-state index contributed by atoms with van der Waals surface area (Å²) in [6.07, 6.45) is -0.186. The number of thiophene rings is 1. The molecule has 1 aromatic heterocycles. The van der Waals surface area contributed by atoms with E-state index >= 15 is 0 Å². The summed E-state index contributed by atoms with van der Waals surface area (Å²) in [6, 6.07) is 3.71. The molecule has 0 radical (unpaired) electrons. The Kier molecular flexibility index (Phi) is 5.58. The molecule has 1 aromatic rings. The molecule has 0 aliphatic heterocycles. The summed E-state index contributed by atoms with van der Waals surface area (Å²) in [6.45, 7) is 3.99. The number of hydrogen-bond donors (Lipinski definition) is 2. The molecule has 4 nitrogen and oxygen atoms in total. The van der Waals surface area contributed by atoms with Crippen LogP contribution < -0.4 is 4.72 Å². The largest absolute Gasteiger partial charge is 0.388 e. The van der Waals surface area contributed by atoms with Crippen molar-refractivity contribution in [3.05, 3.63) is 22.4 Å². The third kappa shape index (κ3) is 5.63. The van der Waals surface area contributed by atoms with Crippen LogP contribution >= 0.6 is 11.3 Å². The number of aliphatic hydroxyl groups is 1. The van der Waals surface area contributed by atoms with Crippen molar-refractivity contribution < 1.29 is 13.5 Å². The van der Waals surface area contributed by atoms with E-state index in [2.05, 4.69) is 4.72 Å². The highest BCUT2D eigenvalue weighted by Crippen LogP contribution is 2.20. The van der Waals surface area contributed by atoms with E-state index in [9.17, 15) is 13.5 Å². The Balaban J connectivity index is 2.33. The van der Waals surface area contributed by atoms with Crippen LogP contribution in [0.3, 0.4) is 0 Å². The van der Waals surface area contributed by atoms with Crippen LogP contribution in [0, 0.1) is 5.92 Å². The fraction of sp³-hybridized carbons (Fsp3) is 0.636. The number of rotatable bonds is 7. The van der Waals surface area contributed by atoms with Crippen LogP contribution in [0.25, 0.3) is 0 Å². The maximum absolute atomic E-state index is 11.5. The molecule has 0 aliphatic rings. The van der Waals surface area contributed by atoms with Crippen LogP contribution in [0.15, 0.2) is 17.5 Å². The Morgan fingerprint density at radius 2 is 2.18 bits per heavy atom. The van der Waals surface area contributed by atoms with Gasteiger partial charge in [-0.25, -0.2) is 13.1 Å². The highest BCUT2D eigenvalue weighted by atomic mass is 32.2. The lowest BCUT2D eigenvalue weighted by Crippen LogP contribution is -2.30. The first kappa shape index (κ1) is 14.6. The van der Waals surface area contributed by atoms with Gasteiger partial charge in [0.15, 0.2) is 0 Å². The van der Waals surface area contributed by atoms with Crippen molar-refractivity contribution in [2.45, 2.75) is 26.4 Å². The maximum Gasteiger partial charge on any atom is 0.211 e. The van der Waals surface area contributed by atoms with E-state index < -0.39 is 16.1 Å². The molecule has 0 aromatic carbocycles. The molecule has 0 spiro atoms. The lowest BCUT2D eigenvalue weighted by Gasteiger charge is -2.11. The summed E-state index contributed by atoms with van der Waals surface area (Å²) in [4.78, 5) is 0.869. The Hall–Kier alpha value is -0.430. The highest BCUT2D eigenvalue weighted by molar-refractivity contribution is 7.89. The third-order valence-electron chi connectivity index (χ3n) is 2.16. The number of hydrogen-bond acceptors (Lipinski definition) is 4. The van der Waals surface area contributed by atoms with Crippen LogP contribution in [-0.2, 0) is 10.0 Å². The van der Waals surface area contributed by atoms with Gasteiger partial charge in [0.25, 0.3) is 0 Å². The molecule has 0 aliphatic carbocycles. The van der Waals surface area contributed by atoms with Crippen LogP contribution in [0.1, 0.15) is 31.2 Å². The van der Waals surface area contributed by atoms with Gasteiger partial charge < -0.3 is 5.11 Å². The molecule has 1 unspecified atom stereocenters. The van der Waals surface area contributed by atoms with Crippen molar-refractivity contribution >= 4 is 21.4 Å². The van der Waals surface area contributed by atoms with Gasteiger partial charge in [-0.2, -0.15) is 0 Å². The van der Waals surface area contributed by atoms with Crippen molar-refractivity contribution in [3.8, 4) is 0 Å². The highest BCUT2D eigenvalue weighted by Gasteiger charge is 2.14. The van der Waals surface area contributed by atoms with Gasteiger partial charge in [0, 0.05) is 11.4 Å². The maximum atomic E-state index is 11.5. The van der Waals surface area contributed by atoms with Gasteiger partial charge >= 0.3 is 0 Å². The zero-order chi connectivity index (χ0) is 12.9. The Morgan fingerprint density at radius 1 is 1.47 bits per heavy atom. The van der Waals surface area contributed by atoms with Gasteiger partial charge in [-0.15, -0.1) is 11.3 Å². The van der Waals surface area contributed by atoms with Crippen LogP contribution in [0.2, 0.25) is 0 Å². The zero-order valence-electron chi connectivity index (χ0n) is 10.1. The first-order valence-corrected chi connectivity index (χ1v) is 8.12.